The van der Waals surface area contributed by atoms with Crippen molar-refractivity contribution >= 4 is 44.9 Å². The van der Waals surface area contributed by atoms with Gasteiger partial charge in [-0.1, -0.05) is 27.5 Å². The van der Waals surface area contributed by atoms with Crippen LogP contribution in [0, 0.1) is 5.82 Å². The SMILES string of the molecule is O=C(Nc1ccnc(Cl)c1)Nc1ccc(Br)cc1F. The highest BCUT2D eigenvalue weighted by Gasteiger charge is 2.07. The summed E-state index contributed by atoms with van der Waals surface area (Å²) >= 11 is 8.82. The van der Waals surface area contributed by atoms with Crippen LogP contribution in [0.1, 0.15) is 0 Å². The minimum absolute atomic E-state index is 0.0841. The first kappa shape index (κ1) is 13.8. The quantitative estimate of drug-likeness (QED) is 0.799. The molecular formula is C12H8BrClFN3O. The maximum absolute atomic E-state index is 13.5. The molecule has 2 N–H and O–H groups in total. The molecule has 2 amide bonds. The first-order valence-corrected chi connectivity index (χ1v) is 6.36. The predicted molar refractivity (Wildman–Crippen MR) is 76.0 cm³/mol. The Morgan fingerprint density at radius 3 is 2.74 bits per heavy atom. The largest absolute Gasteiger partial charge is 0.323 e. The number of anilines is 2. The number of nitrogens with one attached hydrogen (secondary N) is 2. The summed E-state index contributed by atoms with van der Waals surface area (Å²) in [6.45, 7) is 0. The maximum Gasteiger partial charge on any atom is 0.323 e. The Labute approximate surface area is 122 Å². The highest BCUT2D eigenvalue weighted by atomic mass is 79.9. The number of halogens is 3. The van der Waals surface area contributed by atoms with E-state index in [1.807, 2.05) is 0 Å². The molecule has 0 unspecified atom stereocenters. The fourth-order valence-corrected chi connectivity index (χ4v) is 1.86. The second-order valence-electron chi connectivity index (χ2n) is 3.57. The topological polar surface area (TPSA) is 54.0 Å². The van der Waals surface area contributed by atoms with E-state index in [0.29, 0.717) is 10.2 Å². The molecule has 0 aliphatic heterocycles. The van der Waals surface area contributed by atoms with E-state index < -0.39 is 11.8 Å². The van der Waals surface area contributed by atoms with Gasteiger partial charge in [0.1, 0.15) is 11.0 Å². The molecule has 7 heteroatoms. The van der Waals surface area contributed by atoms with Crippen molar-refractivity contribution in [3.05, 3.63) is 52.0 Å². The highest BCUT2D eigenvalue weighted by Crippen LogP contribution is 2.19. The Morgan fingerprint density at radius 2 is 2.05 bits per heavy atom. The first-order valence-electron chi connectivity index (χ1n) is 5.19. The Hall–Kier alpha value is -1.66. The normalized spacial score (nSPS) is 10.1. The molecular weight excluding hydrogens is 337 g/mol. The molecule has 1 aromatic carbocycles. The molecule has 0 atom stereocenters. The summed E-state index contributed by atoms with van der Waals surface area (Å²) in [7, 11) is 0. The Bertz CT molecular complexity index is 624. The van der Waals surface area contributed by atoms with Crippen LogP contribution in [0.25, 0.3) is 0 Å². The van der Waals surface area contributed by atoms with Gasteiger partial charge in [-0.15, -0.1) is 0 Å². The van der Waals surface area contributed by atoms with Gasteiger partial charge in [-0.25, -0.2) is 14.2 Å². The lowest BCUT2D eigenvalue weighted by molar-refractivity contribution is 0.262. The van der Waals surface area contributed by atoms with E-state index in [0.717, 1.165) is 0 Å². The van der Waals surface area contributed by atoms with Gasteiger partial charge in [-0.05, 0) is 30.3 Å². The number of rotatable bonds is 2. The molecule has 0 saturated heterocycles. The number of amides is 2. The summed E-state index contributed by atoms with van der Waals surface area (Å²) in [5, 5.41) is 5.17. The van der Waals surface area contributed by atoms with Gasteiger partial charge < -0.3 is 10.6 Å². The molecule has 1 aromatic heterocycles. The molecule has 98 valence electrons. The van der Waals surface area contributed by atoms with Crippen molar-refractivity contribution in [3.8, 4) is 0 Å². The lowest BCUT2D eigenvalue weighted by Crippen LogP contribution is -2.20. The lowest BCUT2D eigenvalue weighted by atomic mass is 10.3. The molecule has 0 aliphatic rings. The van der Waals surface area contributed by atoms with E-state index in [2.05, 4.69) is 31.5 Å². The van der Waals surface area contributed by atoms with Crippen molar-refractivity contribution in [1.82, 2.24) is 4.98 Å². The smallest absolute Gasteiger partial charge is 0.308 e. The van der Waals surface area contributed by atoms with Crippen molar-refractivity contribution in [2.75, 3.05) is 10.6 Å². The number of pyridine rings is 1. The molecule has 0 saturated carbocycles. The summed E-state index contributed by atoms with van der Waals surface area (Å²) in [5.74, 6) is -0.530. The van der Waals surface area contributed by atoms with Gasteiger partial charge in [0, 0.05) is 16.4 Å². The number of aromatic nitrogens is 1. The molecule has 0 bridgehead atoms. The summed E-state index contributed by atoms with van der Waals surface area (Å²) in [5.41, 5.74) is 0.552. The summed E-state index contributed by atoms with van der Waals surface area (Å²) in [4.78, 5) is 15.4. The molecule has 2 aromatic rings. The Balaban J connectivity index is 2.05. The van der Waals surface area contributed by atoms with Crippen molar-refractivity contribution < 1.29 is 9.18 Å². The van der Waals surface area contributed by atoms with Gasteiger partial charge in [0.15, 0.2) is 0 Å². The number of carbonyl (C=O) groups is 1. The highest BCUT2D eigenvalue weighted by molar-refractivity contribution is 9.10. The fraction of sp³-hybridized carbons (Fsp3) is 0. The molecule has 19 heavy (non-hydrogen) atoms. The van der Waals surface area contributed by atoms with Gasteiger partial charge in [-0.2, -0.15) is 0 Å². The van der Waals surface area contributed by atoms with E-state index in [1.54, 1.807) is 12.1 Å². The minimum Gasteiger partial charge on any atom is -0.308 e. The van der Waals surface area contributed by atoms with Crippen molar-refractivity contribution in [1.29, 1.82) is 0 Å². The number of hydrogen-bond donors (Lipinski definition) is 2. The number of hydrogen-bond acceptors (Lipinski definition) is 2. The second-order valence-corrected chi connectivity index (χ2v) is 4.87. The second kappa shape index (κ2) is 5.99. The van der Waals surface area contributed by atoms with E-state index >= 15 is 0 Å². The fourth-order valence-electron chi connectivity index (χ4n) is 1.36. The van der Waals surface area contributed by atoms with Crippen LogP contribution < -0.4 is 10.6 Å². The van der Waals surface area contributed by atoms with Gasteiger partial charge in [-0.3, -0.25) is 0 Å². The molecule has 0 radical (unpaired) electrons. The molecule has 0 fully saturated rings. The van der Waals surface area contributed by atoms with Crippen molar-refractivity contribution in [3.63, 3.8) is 0 Å². The monoisotopic (exact) mass is 343 g/mol. The van der Waals surface area contributed by atoms with E-state index in [4.69, 9.17) is 11.6 Å². The van der Waals surface area contributed by atoms with Crippen LogP contribution in [0.4, 0.5) is 20.6 Å². The number of urea groups is 1. The number of benzene rings is 1. The zero-order chi connectivity index (χ0) is 13.8. The van der Waals surface area contributed by atoms with E-state index in [-0.39, 0.29) is 10.8 Å². The summed E-state index contributed by atoms with van der Waals surface area (Å²) in [6, 6.07) is 6.84. The van der Waals surface area contributed by atoms with Gasteiger partial charge in [0.05, 0.1) is 5.69 Å². The average molecular weight is 345 g/mol. The lowest BCUT2D eigenvalue weighted by Gasteiger charge is -2.08. The molecule has 0 aliphatic carbocycles. The van der Waals surface area contributed by atoms with Crippen LogP contribution in [0.2, 0.25) is 5.15 Å². The third-order valence-corrected chi connectivity index (χ3v) is 2.86. The van der Waals surface area contributed by atoms with E-state index in [1.165, 1.54) is 24.4 Å². The molecule has 2 rings (SSSR count). The number of carbonyl (C=O) groups excluding carboxylic acids is 1. The molecule has 0 spiro atoms. The van der Waals surface area contributed by atoms with Gasteiger partial charge >= 0.3 is 6.03 Å². The van der Waals surface area contributed by atoms with Crippen molar-refractivity contribution in [2.24, 2.45) is 0 Å². The third kappa shape index (κ3) is 3.90. The van der Waals surface area contributed by atoms with Crippen molar-refractivity contribution in [2.45, 2.75) is 0 Å². The van der Waals surface area contributed by atoms with Crippen LogP contribution in [0.15, 0.2) is 41.0 Å². The summed E-state index contributed by atoms with van der Waals surface area (Å²) < 4.78 is 14.1. The van der Waals surface area contributed by atoms with Crippen LogP contribution in [-0.2, 0) is 0 Å². The van der Waals surface area contributed by atoms with Crippen LogP contribution in [0.5, 0.6) is 0 Å². The van der Waals surface area contributed by atoms with Crippen LogP contribution >= 0.6 is 27.5 Å². The summed E-state index contributed by atoms with van der Waals surface area (Å²) in [6.07, 6.45) is 1.46. The number of nitrogens with zero attached hydrogens (tertiary/aromatic N) is 1. The third-order valence-electron chi connectivity index (χ3n) is 2.16. The Kier molecular flexibility index (Phi) is 4.34. The van der Waals surface area contributed by atoms with Gasteiger partial charge in [0.2, 0.25) is 0 Å². The zero-order valence-electron chi connectivity index (χ0n) is 9.45. The Morgan fingerprint density at radius 1 is 1.26 bits per heavy atom. The van der Waals surface area contributed by atoms with Crippen LogP contribution in [-0.4, -0.2) is 11.0 Å². The minimum atomic E-state index is -0.566. The zero-order valence-corrected chi connectivity index (χ0v) is 11.8. The van der Waals surface area contributed by atoms with E-state index in [9.17, 15) is 9.18 Å². The average Bonchev–Trinajstić information content (AvgIpc) is 2.33. The first-order chi connectivity index (χ1) is 9.04. The van der Waals surface area contributed by atoms with Crippen LogP contribution in [0.3, 0.4) is 0 Å². The molecule has 1 heterocycles. The molecule has 4 nitrogen and oxygen atoms in total. The maximum atomic E-state index is 13.5. The standard InChI is InChI=1S/C12H8BrClFN3O/c13-7-1-2-10(9(15)5-7)18-12(19)17-8-3-4-16-11(14)6-8/h1-6H,(H2,16,17,18,19). The predicted octanol–water partition coefficient (Wildman–Crippen LogP) is 4.28. The van der Waals surface area contributed by atoms with Gasteiger partial charge in [0.25, 0.3) is 0 Å².